The van der Waals surface area contributed by atoms with E-state index in [2.05, 4.69) is 18.2 Å². The Morgan fingerprint density at radius 2 is 1.91 bits per heavy atom. The quantitative estimate of drug-likeness (QED) is 0.883. The molecule has 3 nitrogen and oxygen atoms in total. The number of hydrogen-bond donors (Lipinski definition) is 1. The summed E-state index contributed by atoms with van der Waals surface area (Å²) in [5, 5.41) is 9.26. The van der Waals surface area contributed by atoms with E-state index in [1.54, 1.807) is 17.8 Å². The van der Waals surface area contributed by atoms with Gasteiger partial charge in [-0.05, 0) is 60.4 Å². The van der Waals surface area contributed by atoms with Crippen molar-refractivity contribution in [2.45, 2.75) is 18.2 Å². The predicted molar refractivity (Wildman–Crippen MR) is 94.0 cm³/mol. The minimum absolute atomic E-state index is 0.472. The van der Waals surface area contributed by atoms with E-state index in [4.69, 9.17) is 4.74 Å². The molecule has 0 aliphatic carbocycles. The van der Waals surface area contributed by atoms with Gasteiger partial charge in [0.15, 0.2) is 0 Å². The summed E-state index contributed by atoms with van der Waals surface area (Å²) in [6.07, 6.45) is 2.39. The first-order chi connectivity index (χ1) is 11.2. The predicted octanol–water partition coefficient (Wildman–Crippen LogP) is 4.72. The van der Waals surface area contributed by atoms with Crippen molar-refractivity contribution in [1.82, 2.24) is 0 Å². The van der Waals surface area contributed by atoms with Crippen LogP contribution in [0.25, 0.3) is 17.2 Å². The van der Waals surface area contributed by atoms with Crippen molar-refractivity contribution in [3.05, 3.63) is 53.6 Å². The molecule has 0 radical (unpaired) electrons. The van der Waals surface area contributed by atoms with Crippen LogP contribution in [0.4, 0.5) is 0 Å². The Hall–Kier alpha value is -2.20. The molecule has 23 heavy (non-hydrogen) atoms. The summed E-state index contributed by atoms with van der Waals surface area (Å²) in [5.74, 6) is 0.826. The van der Waals surface area contributed by atoms with Crippen LogP contribution in [0.15, 0.2) is 52.9 Å². The maximum Gasteiger partial charge on any atom is 0.331 e. The van der Waals surface area contributed by atoms with E-state index >= 15 is 0 Å². The average Bonchev–Trinajstić information content (AvgIpc) is 2.77. The Morgan fingerprint density at radius 3 is 2.61 bits per heavy atom. The van der Waals surface area contributed by atoms with Gasteiger partial charge in [-0.25, -0.2) is 4.79 Å². The summed E-state index contributed by atoms with van der Waals surface area (Å²) in [5.41, 5.74) is 3.63. The Balaban J connectivity index is 1.96. The van der Waals surface area contributed by atoms with Gasteiger partial charge < -0.3 is 9.84 Å². The van der Waals surface area contributed by atoms with Gasteiger partial charge in [-0.1, -0.05) is 18.2 Å². The van der Waals surface area contributed by atoms with Crippen LogP contribution >= 0.6 is 11.8 Å². The van der Waals surface area contributed by atoms with E-state index in [1.165, 1.54) is 0 Å². The first kappa shape index (κ1) is 15.7. The van der Waals surface area contributed by atoms with E-state index < -0.39 is 5.97 Å². The topological polar surface area (TPSA) is 46.5 Å². The second-order valence-corrected chi connectivity index (χ2v) is 6.42. The molecule has 2 aromatic rings. The molecular formula is C19H18O3S. The Bertz CT molecular complexity index is 748. The highest BCUT2D eigenvalue weighted by atomic mass is 32.2. The molecule has 0 saturated heterocycles. The minimum Gasteiger partial charge on any atom is -0.494 e. The van der Waals surface area contributed by atoms with E-state index in [-0.39, 0.29) is 0 Å². The van der Waals surface area contributed by atoms with Gasteiger partial charge in [-0.2, -0.15) is 0 Å². The fourth-order valence-electron chi connectivity index (χ4n) is 2.58. The summed E-state index contributed by atoms with van der Waals surface area (Å²) in [4.78, 5) is 12.4. The lowest BCUT2D eigenvalue weighted by Gasteiger charge is -2.08. The molecule has 0 amide bonds. The van der Waals surface area contributed by atoms with E-state index in [0.29, 0.717) is 18.6 Å². The lowest BCUT2D eigenvalue weighted by molar-refractivity contribution is -0.132. The van der Waals surface area contributed by atoms with Gasteiger partial charge in [-0.15, -0.1) is 11.8 Å². The molecular weight excluding hydrogens is 308 g/mol. The van der Waals surface area contributed by atoms with Gasteiger partial charge in [0.05, 0.1) is 6.61 Å². The van der Waals surface area contributed by atoms with Crippen LogP contribution in [0.5, 0.6) is 5.75 Å². The number of carboxylic acid groups (broad SMARTS) is 1. The van der Waals surface area contributed by atoms with Crippen molar-refractivity contribution in [2.75, 3.05) is 12.4 Å². The maximum absolute atomic E-state index is 11.3. The second kappa shape index (κ2) is 6.92. The van der Waals surface area contributed by atoms with Crippen LogP contribution in [-0.2, 0) is 4.79 Å². The second-order valence-electron chi connectivity index (χ2n) is 5.28. The number of carbonyl (C=O) groups is 1. The van der Waals surface area contributed by atoms with Gasteiger partial charge in [0.1, 0.15) is 5.75 Å². The number of hydrogen-bond acceptors (Lipinski definition) is 3. The molecule has 0 bridgehead atoms. The third-order valence-electron chi connectivity index (χ3n) is 3.74. The molecule has 0 atom stereocenters. The van der Waals surface area contributed by atoms with Crippen molar-refractivity contribution in [3.63, 3.8) is 0 Å². The highest BCUT2D eigenvalue weighted by molar-refractivity contribution is 7.99. The zero-order valence-corrected chi connectivity index (χ0v) is 13.7. The fraction of sp³-hybridized carbons (Fsp3) is 0.211. The summed E-state index contributed by atoms with van der Waals surface area (Å²) in [6, 6.07) is 14.2. The lowest BCUT2D eigenvalue weighted by atomic mass is 10.0. The van der Waals surface area contributed by atoms with Crippen LogP contribution in [0.2, 0.25) is 0 Å². The standard InChI is InChI=1S/C19H18O3S/c1-2-22-17-6-3-13(4-7-17)14-5-8-18-16(11-14)12-15(19(20)21)9-10-23-18/h3-8,11-12H,2,9-10H2,1H3,(H,20,21). The monoisotopic (exact) mass is 326 g/mol. The third-order valence-corrected chi connectivity index (χ3v) is 4.83. The highest BCUT2D eigenvalue weighted by Gasteiger charge is 2.14. The summed E-state index contributed by atoms with van der Waals surface area (Å²) < 4.78 is 5.47. The zero-order chi connectivity index (χ0) is 16.2. The van der Waals surface area contributed by atoms with Crippen LogP contribution in [-0.4, -0.2) is 23.4 Å². The summed E-state index contributed by atoms with van der Waals surface area (Å²) >= 11 is 1.71. The van der Waals surface area contributed by atoms with Crippen LogP contribution < -0.4 is 4.74 Å². The van der Waals surface area contributed by atoms with Crippen molar-refractivity contribution >= 4 is 23.8 Å². The zero-order valence-electron chi connectivity index (χ0n) is 12.9. The van der Waals surface area contributed by atoms with Crippen LogP contribution in [0.3, 0.4) is 0 Å². The number of rotatable bonds is 4. The fourth-order valence-corrected chi connectivity index (χ4v) is 3.57. The number of carboxylic acids is 1. The van der Waals surface area contributed by atoms with Crippen LogP contribution in [0, 0.1) is 0 Å². The number of thioether (sulfide) groups is 1. The number of benzene rings is 2. The summed E-state index contributed by atoms with van der Waals surface area (Å²) in [7, 11) is 0. The molecule has 1 aliphatic rings. The van der Waals surface area contributed by atoms with Crippen LogP contribution in [0.1, 0.15) is 18.9 Å². The molecule has 0 unspecified atom stereocenters. The molecule has 4 heteroatoms. The minimum atomic E-state index is -0.829. The Morgan fingerprint density at radius 1 is 1.17 bits per heavy atom. The van der Waals surface area contributed by atoms with Crippen molar-refractivity contribution < 1.29 is 14.6 Å². The normalized spacial score (nSPS) is 13.7. The van der Waals surface area contributed by atoms with E-state index in [9.17, 15) is 9.90 Å². The van der Waals surface area contributed by atoms with Crippen molar-refractivity contribution in [1.29, 1.82) is 0 Å². The molecule has 3 rings (SSSR count). The number of fused-ring (bicyclic) bond motifs is 1. The molecule has 0 fully saturated rings. The molecule has 1 heterocycles. The molecule has 2 aromatic carbocycles. The van der Waals surface area contributed by atoms with Gasteiger partial charge in [0.25, 0.3) is 0 Å². The lowest BCUT2D eigenvalue weighted by Crippen LogP contribution is -2.00. The molecule has 0 aromatic heterocycles. The van der Waals surface area contributed by atoms with Gasteiger partial charge in [-0.3, -0.25) is 0 Å². The Kier molecular flexibility index (Phi) is 4.72. The number of ether oxygens (including phenoxy) is 1. The molecule has 1 aliphatic heterocycles. The SMILES string of the molecule is CCOc1ccc(-c2ccc3c(c2)C=C(C(=O)O)CCS3)cc1. The van der Waals surface area contributed by atoms with Crippen molar-refractivity contribution in [2.24, 2.45) is 0 Å². The highest BCUT2D eigenvalue weighted by Crippen LogP contribution is 2.34. The third kappa shape index (κ3) is 3.59. The largest absolute Gasteiger partial charge is 0.494 e. The molecule has 1 N–H and O–H groups in total. The summed E-state index contributed by atoms with van der Waals surface area (Å²) in [6.45, 7) is 2.61. The number of aliphatic carboxylic acids is 1. The van der Waals surface area contributed by atoms with Crippen molar-refractivity contribution in [3.8, 4) is 16.9 Å². The maximum atomic E-state index is 11.3. The molecule has 0 spiro atoms. The smallest absolute Gasteiger partial charge is 0.331 e. The first-order valence-corrected chi connectivity index (χ1v) is 8.60. The van der Waals surface area contributed by atoms with Gasteiger partial charge in [0, 0.05) is 16.2 Å². The van der Waals surface area contributed by atoms with E-state index in [1.807, 2.05) is 31.2 Å². The molecule has 0 saturated carbocycles. The van der Waals surface area contributed by atoms with Gasteiger partial charge >= 0.3 is 5.97 Å². The van der Waals surface area contributed by atoms with Gasteiger partial charge in [0.2, 0.25) is 0 Å². The Labute approximate surface area is 140 Å². The first-order valence-electron chi connectivity index (χ1n) is 7.61. The molecule has 118 valence electrons. The average molecular weight is 326 g/mol. The van der Waals surface area contributed by atoms with E-state index in [0.717, 1.165) is 33.1 Å².